The number of unbranched alkanes of at least 4 members (excludes halogenated alkanes) is 3. The van der Waals surface area contributed by atoms with Crippen molar-refractivity contribution in [1.82, 2.24) is 5.32 Å². The molecule has 0 heterocycles. The van der Waals surface area contributed by atoms with Crippen LogP contribution in [0.4, 0.5) is 0 Å². The molecule has 1 amide bonds. The van der Waals surface area contributed by atoms with Gasteiger partial charge in [0.15, 0.2) is 0 Å². The first-order valence-corrected chi connectivity index (χ1v) is 23.2. The molecule has 0 rings (SSSR count). The average molecular weight is 838 g/mol. The lowest BCUT2D eigenvalue weighted by Gasteiger charge is -2.15. The van der Waals surface area contributed by atoms with Crippen molar-refractivity contribution < 1.29 is 37.9 Å². The molecule has 3 N–H and O–H groups in total. The van der Waals surface area contributed by atoms with E-state index in [2.05, 4.69) is 141 Å². The minimum atomic E-state index is -4.46. The van der Waals surface area contributed by atoms with E-state index in [-0.39, 0.29) is 38.5 Å². The van der Waals surface area contributed by atoms with Crippen LogP contribution >= 0.6 is 7.82 Å². The summed E-state index contributed by atoms with van der Waals surface area (Å²) in [4.78, 5) is 33.9. The molecule has 0 radical (unpaired) electrons. The molecule has 59 heavy (non-hydrogen) atoms. The van der Waals surface area contributed by atoms with Crippen LogP contribution in [0.15, 0.2) is 134 Å². The second-order valence-corrected chi connectivity index (χ2v) is 15.0. The molecule has 0 spiro atoms. The van der Waals surface area contributed by atoms with Gasteiger partial charge in [-0.1, -0.05) is 154 Å². The summed E-state index contributed by atoms with van der Waals surface area (Å²) in [5.41, 5.74) is 0. The number of aliphatic hydroxyl groups is 1. The molecule has 0 fully saturated rings. The lowest BCUT2D eigenvalue weighted by atomic mass is 10.1. The van der Waals surface area contributed by atoms with E-state index in [4.69, 9.17) is 13.8 Å². The van der Waals surface area contributed by atoms with E-state index < -0.39 is 26.5 Å². The zero-order chi connectivity index (χ0) is 43.2. The molecular formula is C49H76NO8P. The van der Waals surface area contributed by atoms with Crippen LogP contribution in [0.5, 0.6) is 0 Å². The molecule has 0 aromatic rings. The third-order valence-electron chi connectivity index (χ3n) is 8.09. The Labute approximate surface area is 357 Å². The largest absolute Gasteiger partial charge is 0.472 e. The Hall–Kier alpha value is -3.85. The molecule has 330 valence electrons. The predicted octanol–water partition coefficient (Wildman–Crippen LogP) is 12.3. The summed E-state index contributed by atoms with van der Waals surface area (Å²) in [6, 6.07) is 0. The number of rotatable bonds is 38. The molecular weight excluding hydrogens is 762 g/mol. The van der Waals surface area contributed by atoms with Crippen LogP contribution in [0.1, 0.15) is 129 Å². The van der Waals surface area contributed by atoms with Crippen LogP contribution in [-0.4, -0.2) is 54.3 Å². The zero-order valence-electron chi connectivity index (χ0n) is 36.1. The Balaban J connectivity index is 3.80. The third-order valence-corrected chi connectivity index (χ3v) is 9.07. The van der Waals surface area contributed by atoms with Gasteiger partial charge >= 0.3 is 13.8 Å². The molecule has 0 aromatic heterocycles. The van der Waals surface area contributed by atoms with Gasteiger partial charge in [0.25, 0.3) is 0 Å². The average Bonchev–Trinajstić information content (AvgIpc) is 3.22. The zero-order valence-corrected chi connectivity index (χ0v) is 37.0. The van der Waals surface area contributed by atoms with Crippen LogP contribution in [-0.2, 0) is 27.9 Å². The number of carbonyl (C=O) groups is 2. The molecule has 0 saturated carbocycles. The Kier molecular flexibility index (Phi) is 40.9. The van der Waals surface area contributed by atoms with E-state index >= 15 is 0 Å². The second-order valence-electron chi connectivity index (χ2n) is 13.5. The van der Waals surface area contributed by atoms with Crippen LogP contribution in [0.25, 0.3) is 0 Å². The number of esters is 1. The van der Waals surface area contributed by atoms with Crippen LogP contribution in [0.3, 0.4) is 0 Å². The van der Waals surface area contributed by atoms with Crippen molar-refractivity contribution in [2.45, 2.75) is 136 Å². The standard InChI is InChI=1S/C49H76NO8P/c1-3-5-7-9-11-13-15-17-19-21-23-25-27-29-31-33-35-37-39-41-48(52)50-43-44-57-59(54,55)58-46-47(51)45-56-49(53)42-40-38-36-34-32-30-28-26-24-22-20-18-16-14-12-10-8-6-4-2/h5-8,11-14,17-20,23-26,29-32,35,37,47,51H,3-4,9-10,15-16,21-22,27-28,33-34,36,38-46H2,1-2H3,(H,50,52)(H,54,55)/b7-5-,8-6-,13-11-,14-12-,19-17-,20-18-,25-23-,26-24-,31-29-,32-30-,37-35-. The normalized spacial score (nSPS) is 14.6. The monoisotopic (exact) mass is 838 g/mol. The summed E-state index contributed by atoms with van der Waals surface area (Å²) in [7, 11) is -4.46. The van der Waals surface area contributed by atoms with Gasteiger partial charge in [-0.15, -0.1) is 0 Å². The maximum Gasteiger partial charge on any atom is 0.472 e. The number of ether oxygens (including phenoxy) is 1. The highest BCUT2D eigenvalue weighted by Gasteiger charge is 2.23. The van der Waals surface area contributed by atoms with Crippen molar-refractivity contribution in [3.8, 4) is 0 Å². The number of carbonyl (C=O) groups excluding carboxylic acids is 2. The Morgan fingerprint density at radius 3 is 1.37 bits per heavy atom. The topological polar surface area (TPSA) is 131 Å². The van der Waals surface area contributed by atoms with Gasteiger partial charge in [0, 0.05) is 19.4 Å². The molecule has 0 aliphatic heterocycles. The number of nitrogens with one attached hydrogen (secondary N) is 1. The van der Waals surface area contributed by atoms with Gasteiger partial charge in [0.1, 0.15) is 12.7 Å². The minimum absolute atomic E-state index is 0.0268. The van der Waals surface area contributed by atoms with Crippen LogP contribution in [0, 0.1) is 0 Å². The fourth-order valence-electron chi connectivity index (χ4n) is 4.90. The second kappa shape index (κ2) is 43.7. The molecule has 0 aromatic carbocycles. The summed E-state index contributed by atoms with van der Waals surface area (Å²) in [6.45, 7) is 3.15. The van der Waals surface area contributed by atoms with Gasteiger partial charge in [0.05, 0.1) is 13.2 Å². The van der Waals surface area contributed by atoms with Gasteiger partial charge in [-0.3, -0.25) is 18.6 Å². The first-order chi connectivity index (χ1) is 28.8. The smallest absolute Gasteiger partial charge is 0.463 e. The van der Waals surface area contributed by atoms with Gasteiger partial charge in [-0.05, 0) is 96.3 Å². The number of hydrogen-bond acceptors (Lipinski definition) is 7. The van der Waals surface area contributed by atoms with Gasteiger partial charge in [0.2, 0.25) is 5.91 Å². The predicted molar refractivity (Wildman–Crippen MR) is 247 cm³/mol. The highest BCUT2D eigenvalue weighted by molar-refractivity contribution is 7.47. The summed E-state index contributed by atoms with van der Waals surface area (Å²) < 4.78 is 26.8. The van der Waals surface area contributed by atoms with Crippen molar-refractivity contribution in [1.29, 1.82) is 0 Å². The van der Waals surface area contributed by atoms with Crippen molar-refractivity contribution in [2.24, 2.45) is 0 Å². The SMILES string of the molecule is CC/C=C\C/C=C\C/C=C\C/C=C\C/C=C\C/C=C\CCC(=O)NCCOP(=O)(O)OCC(O)COC(=O)CCCCC/C=C\C/C=C\C/C=C\C/C=C\C/C=C\CC. The minimum Gasteiger partial charge on any atom is -0.463 e. The maximum atomic E-state index is 12.1. The molecule has 2 atom stereocenters. The molecule has 9 nitrogen and oxygen atoms in total. The lowest BCUT2D eigenvalue weighted by Crippen LogP contribution is -2.27. The van der Waals surface area contributed by atoms with Gasteiger partial charge < -0.3 is 20.1 Å². The molecule has 0 aliphatic carbocycles. The molecule has 0 bridgehead atoms. The number of amides is 1. The summed E-state index contributed by atoms with van der Waals surface area (Å²) in [5.74, 6) is -0.650. The fraction of sp³-hybridized carbons (Fsp3) is 0.510. The first-order valence-electron chi connectivity index (χ1n) is 21.7. The molecule has 2 unspecified atom stereocenters. The summed E-state index contributed by atoms with van der Waals surface area (Å²) in [6.07, 6.45) is 61.1. The first kappa shape index (κ1) is 55.2. The highest BCUT2D eigenvalue weighted by atomic mass is 31.2. The lowest BCUT2D eigenvalue weighted by molar-refractivity contribution is -0.147. The van der Waals surface area contributed by atoms with E-state index in [1.165, 1.54) is 0 Å². The Bertz CT molecular complexity index is 1420. The van der Waals surface area contributed by atoms with Crippen molar-refractivity contribution in [2.75, 3.05) is 26.4 Å². The van der Waals surface area contributed by atoms with E-state index in [0.29, 0.717) is 12.8 Å². The quantitative estimate of drug-likeness (QED) is 0.0242. The van der Waals surface area contributed by atoms with Crippen molar-refractivity contribution in [3.63, 3.8) is 0 Å². The Morgan fingerprint density at radius 2 is 0.932 bits per heavy atom. The van der Waals surface area contributed by atoms with Gasteiger partial charge in [-0.2, -0.15) is 0 Å². The molecule has 0 saturated heterocycles. The summed E-state index contributed by atoms with van der Waals surface area (Å²) in [5, 5.41) is 12.6. The van der Waals surface area contributed by atoms with E-state index in [1.807, 2.05) is 12.2 Å². The van der Waals surface area contributed by atoms with E-state index in [9.17, 15) is 24.2 Å². The van der Waals surface area contributed by atoms with Crippen LogP contribution in [0.2, 0.25) is 0 Å². The number of phosphoric ester groups is 1. The van der Waals surface area contributed by atoms with E-state index in [0.717, 1.165) is 89.9 Å². The Morgan fingerprint density at radius 1 is 0.525 bits per heavy atom. The number of phosphoric acid groups is 1. The fourth-order valence-corrected chi connectivity index (χ4v) is 5.65. The number of allylic oxidation sites excluding steroid dienone is 22. The molecule has 0 aliphatic rings. The number of aliphatic hydroxyl groups excluding tert-OH is 1. The summed E-state index contributed by atoms with van der Waals surface area (Å²) >= 11 is 0. The third kappa shape index (κ3) is 45.1. The maximum absolute atomic E-state index is 12.1. The molecule has 10 heteroatoms. The van der Waals surface area contributed by atoms with Crippen LogP contribution < -0.4 is 5.32 Å². The van der Waals surface area contributed by atoms with Crippen molar-refractivity contribution >= 4 is 19.7 Å². The van der Waals surface area contributed by atoms with Crippen molar-refractivity contribution in [3.05, 3.63) is 134 Å². The van der Waals surface area contributed by atoms with E-state index in [1.54, 1.807) is 0 Å². The van der Waals surface area contributed by atoms with Gasteiger partial charge in [-0.25, -0.2) is 4.57 Å². The number of hydrogen-bond donors (Lipinski definition) is 3. The highest BCUT2D eigenvalue weighted by Crippen LogP contribution is 2.42.